The third kappa shape index (κ3) is 6.23. The molecule has 0 fully saturated rings. The summed E-state index contributed by atoms with van der Waals surface area (Å²) in [4.78, 5) is 35.4. The smallest absolute Gasteiger partial charge is 0.251 e. The summed E-state index contributed by atoms with van der Waals surface area (Å²) in [6.07, 6.45) is 0. The number of carbonyl (C=O) groups is 3. The summed E-state index contributed by atoms with van der Waals surface area (Å²) in [7, 11) is 0. The van der Waals surface area contributed by atoms with Crippen molar-refractivity contribution in [3.63, 3.8) is 0 Å². The lowest BCUT2D eigenvalue weighted by molar-refractivity contribution is -0.123. The van der Waals surface area contributed by atoms with Crippen molar-refractivity contribution < 1.29 is 32.3 Å². The lowest BCUT2D eigenvalue weighted by atomic mass is 10.2. The Balaban J connectivity index is 1.77. The minimum absolute atomic E-state index is 0.313. The summed E-state index contributed by atoms with van der Waals surface area (Å²) in [6.45, 7) is 1.35. The summed E-state index contributed by atoms with van der Waals surface area (Å²) in [6, 6.07) is 7.79. The van der Waals surface area contributed by atoms with E-state index < -0.39 is 54.0 Å². The van der Waals surface area contributed by atoms with Crippen LogP contribution in [0.2, 0.25) is 0 Å². The van der Waals surface area contributed by atoms with Gasteiger partial charge in [0.25, 0.3) is 5.91 Å². The molecular weight excluding hydrogens is 391 g/mol. The molecule has 7 nitrogen and oxygen atoms in total. The first-order valence-corrected chi connectivity index (χ1v) is 8.53. The molecule has 3 amide bonds. The van der Waals surface area contributed by atoms with Crippen LogP contribution in [0.3, 0.4) is 0 Å². The lowest BCUT2D eigenvalue weighted by Gasteiger charge is -2.09. The van der Waals surface area contributed by atoms with Gasteiger partial charge in [-0.3, -0.25) is 14.4 Å². The second-order valence-corrected chi connectivity index (χ2v) is 5.69. The van der Waals surface area contributed by atoms with E-state index in [0.717, 1.165) is 6.07 Å². The van der Waals surface area contributed by atoms with Crippen LogP contribution in [0.4, 0.5) is 18.9 Å². The van der Waals surface area contributed by atoms with Gasteiger partial charge in [-0.1, -0.05) is 0 Å². The first-order valence-electron chi connectivity index (χ1n) is 8.53. The van der Waals surface area contributed by atoms with Gasteiger partial charge in [0.2, 0.25) is 11.8 Å². The van der Waals surface area contributed by atoms with Crippen LogP contribution in [0.1, 0.15) is 17.3 Å². The third-order valence-electron chi connectivity index (χ3n) is 3.59. The van der Waals surface area contributed by atoms with Crippen molar-refractivity contribution in [3.05, 3.63) is 59.4 Å². The Morgan fingerprint density at radius 2 is 1.52 bits per heavy atom. The molecule has 29 heavy (non-hydrogen) atoms. The monoisotopic (exact) mass is 409 g/mol. The SMILES string of the molecule is CCOc1ccc(C(=O)NCC(=O)NCC(=O)Nc2ccc(F)c(F)c2F)cc1. The molecule has 0 saturated carbocycles. The number of rotatable bonds is 8. The number of carbonyl (C=O) groups excluding carboxylic acids is 3. The van der Waals surface area contributed by atoms with Crippen LogP contribution in [-0.2, 0) is 9.59 Å². The fourth-order valence-electron chi connectivity index (χ4n) is 2.19. The molecule has 0 aliphatic carbocycles. The van der Waals surface area contributed by atoms with Crippen molar-refractivity contribution in [2.24, 2.45) is 0 Å². The average molecular weight is 409 g/mol. The zero-order valence-electron chi connectivity index (χ0n) is 15.4. The first kappa shape index (κ1) is 21.7. The molecule has 154 valence electrons. The Kier molecular flexibility index (Phi) is 7.58. The number of amides is 3. The molecule has 0 radical (unpaired) electrons. The Morgan fingerprint density at radius 3 is 2.17 bits per heavy atom. The van der Waals surface area contributed by atoms with Gasteiger partial charge in [-0.15, -0.1) is 0 Å². The Labute approximate surface area is 164 Å². The molecule has 2 rings (SSSR count). The van der Waals surface area contributed by atoms with Gasteiger partial charge in [-0.2, -0.15) is 0 Å². The number of hydrogen-bond donors (Lipinski definition) is 3. The van der Waals surface area contributed by atoms with Crippen molar-refractivity contribution in [1.82, 2.24) is 10.6 Å². The van der Waals surface area contributed by atoms with E-state index in [1.165, 1.54) is 12.1 Å². The fraction of sp³-hybridized carbons (Fsp3) is 0.211. The fourth-order valence-corrected chi connectivity index (χ4v) is 2.19. The minimum atomic E-state index is -1.72. The van der Waals surface area contributed by atoms with Crippen molar-refractivity contribution in [1.29, 1.82) is 0 Å². The van der Waals surface area contributed by atoms with Crippen LogP contribution in [0.25, 0.3) is 0 Å². The second-order valence-electron chi connectivity index (χ2n) is 5.69. The van der Waals surface area contributed by atoms with E-state index in [0.29, 0.717) is 24.0 Å². The van der Waals surface area contributed by atoms with E-state index in [1.54, 1.807) is 12.1 Å². The van der Waals surface area contributed by atoms with E-state index in [9.17, 15) is 27.6 Å². The number of anilines is 1. The molecule has 2 aromatic carbocycles. The Hall–Kier alpha value is -3.56. The predicted octanol–water partition coefficient (Wildman–Crippen LogP) is 1.99. The molecule has 2 aromatic rings. The summed E-state index contributed by atoms with van der Waals surface area (Å²) in [5, 5.41) is 6.58. The summed E-state index contributed by atoms with van der Waals surface area (Å²) >= 11 is 0. The number of benzene rings is 2. The van der Waals surface area contributed by atoms with E-state index in [-0.39, 0.29) is 0 Å². The summed E-state index contributed by atoms with van der Waals surface area (Å²) < 4.78 is 44.7. The molecule has 0 saturated heterocycles. The first-order chi connectivity index (χ1) is 13.8. The van der Waals surface area contributed by atoms with E-state index in [1.807, 2.05) is 12.2 Å². The van der Waals surface area contributed by atoms with Crippen molar-refractivity contribution >= 4 is 23.4 Å². The number of hydrogen-bond acceptors (Lipinski definition) is 4. The number of nitrogens with one attached hydrogen (secondary N) is 3. The van der Waals surface area contributed by atoms with Crippen LogP contribution in [0, 0.1) is 17.5 Å². The van der Waals surface area contributed by atoms with Gasteiger partial charge >= 0.3 is 0 Å². The highest BCUT2D eigenvalue weighted by Gasteiger charge is 2.16. The van der Waals surface area contributed by atoms with Crippen molar-refractivity contribution in [3.8, 4) is 5.75 Å². The average Bonchev–Trinajstić information content (AvgIpc) is 2.71. The Bertz CT molecular complexity index is 904. The maximum atomic E-state index is 13.5. The highest BCUT2D eigenvalue weighted by molar-refractivity contribution is 5.98. The van der Waals surface area contributed by atoms with Gasteiger partial charge in [0.05, 0.1) is 25.4 Å². The van der Waals surface area contributed by atoms with Crippen LogP contribution < -0.4 is 20.7 Å². The second kappa shape index (κ2) is 10.1. The molecule has 0 atom stereocenters. The molecule has 0 aliphatic rings. The summed E-state index contributed by atoms with van der Waals surface area (Å²) in [5.41, 5.74) is -0.250. The van der Waals surface area contributed by atoms with E-state index in [2.05, 4.69) is 10.6 Å². The molecule has 0 bridgehead atoms. The standard InChI is InChI=1S/C19H18F3N3O4/c1-2-29-12-5-3-11(4-6-12)19(28)24-9-15(26)23-10-16(27)25-14-8-7-13(20)17(21)18(14)22/h3-8H,2,9-10H2,1H3,(H,23,26)(H,24,28)(H,25,27). The topological polar surface area (TPSA) is 96.5 Å². The van der Waals surface area contributed by atoms with Crippen LogP contribution in [0.5, 0.6) is 5.75 Å². The highest BCUT2D eigenvalue weighted by Crippen LogP contribution is 2.19. The lowest BCUT2D eigenvalue weighted by Crippen LogP contribution is -2.40. The van der Waals surface area contributed by atoms with E-state index >= 15 is 0 Å². The summed E-state index contributed by atoms with van der Waals surface area (Å²) in [5.74, 6) is -6.10. The molecule has 0 aliphatic heterocycles. The maximum Gasteiger partial charge on any atom is 0.251 e. The molecule has 10 heteroatoms. The normalized spacial score (nSPS) is 10.2. The quantitative estimate of drug-likeness (QED) is 0.581. The van der Waals surface area contributed by atoms with Crippen molar-refractivity contribution in [2.75, 3.05) is 25.0 Å². The highest BCUT2D eigenvalue weighted by atomic mass is 19.2. The molecule has 0 heterocycles. The van der Waals surface area contributed by atoms with Crippen LogP contribution >= 0.6 is 0 Å². The van der Waals surface area contributed by atoms with E-state index in [4.69, 9.17) is 4.74 Å². The molecule has 3 N–H and O–H groups in total. The molecule has 0 spiro atoms. The third-order valence-corrected chi connectivity index (χ3v) is 3.59. The Morgan fingerprint density at radius 1 is 0.862 bits per heavy atom. The van der Waals surface area contributed by atoms with Gasteiger partial charge in [0.1, 0.15) is 5.75 Å². The van der Waals surface area contributed by atoms with Gasteiger partial charge in [0.15, 0.2) is 17.5 Å². The van der Waals surface area contributed by atoms with Crippen LogP contribution in [-0.4, -0.2) is 37.4 Å². The minimum Gasteiger partial charge on any atom is -0.494 e. The van der Waals surface area contributed by atoms with Gasteiger partial charge in [0, 0.05) is 5.56 Å². The van der Waals surface area contributed by atoms with Gasteiger partial charge in [-0.25, -0.2) is 13.2 Å². The number of halogens is 3. The molecule has 0 aromatic heterocycles. The zero-order chi connectivity index (χ0) is 21.4. The number of ether oxygens (including phenoxy) is 1. The zero-order valence-corrected chi connectivity index (χ0v) is 15.4. The van der Waals surface area contributed by atoms with Crippen LogP contribution in [0.15, 0.2) is 36.4 Å². The molecular formula is C19H18F3N3O4. The largest absolute Gasteiger partial charge is 0.494 e. The van der Waals surface area contributed by atoms with Gasteiger partial charge < -0.3 is 20.7 Å². The van der Waals surface area contributed by atoms with Gasteiger partial charge in [-0.05, 0) is 43.3 Å². The maximum absolute atomic E-state index is 13.5. The predicted molar refractivity (Wildman–Crippen MR) is 97.9 cm³/mol. The molecule has 0 unspecified atom stereocenters. The van der Waals surface area contributed by atoms with Crippen molar-refractivity contribution in [2.45, 2.75) is 6.92 Å².